The van der Waals surface area contributed by atoms with Gasteiger partial charge in [-0.25, -0.2) is 0 Å². The van der Waals surface area contributed by atoms with Gasteiger partial charge in [-0.2, -0.15) is 0 Å². The molecule has 2 heteroatoms. The third-order valence-electron chi connectivity index (χ3n) is 8.60. The molecule has 6 aromatic carbocycles. The summed E-state index contributed by atoms with van der Waals surface area (Å²) in [4.78, 5) is 2.43. The highest BCUT2D eigenvalue weighted by molar-refractivity contribution is 6.96. The number of nitrogens with zero attached hydrogens (tertiary/aromatic N) is 1. The molecule has 0 amide bonds. The van der Waals surface area contributed by atoms with Crippen molar-refractivity contribution in [3.05, 3.63) is 180 Å². The summed E-state index contributed by atoms with van der Waals surface area (Å²) in [6.45, 7) is 0.177. The second kappa shape index (κ2) is 8.61. The Kier molecular flexibility index (Phi) is 4.90. The van der Waals surface area contributed by atoms with Gasteiger partial charge in [-0.15, -0.1) is 0 Å². The Morgan fingerprint density at radius 2 is 0.795 bits per heavy atom. The first-order chi connectivity index (χ1) is 19.4. The van der Waals surface area contributed by atoms with Crippen LogP contribution in [0, 0.1) is 0 Å². The molecule has 0 N–H and O–H groups in total. The Labute approximate surface area is 230 Å². The molecule has 2 aliphatic rings. The molecule has 0 aromatic heterocycles. The quantitative estimate of drug-likeness (QED) is 0.242. The van der Waals surface area contributed by atoms with Crippen LogP contribution in [0.1, 0.15) is 22.3 Å². The molecule has 0 saturated heterocycles. The highest BCUT2D eigenvalue weighted by atomic mass is 15.2. The van der Waals surface area contributed by atoms with Crippen molar-refractivity contribution in [2.45, 2.75) is 5.41 Å². The molecule has 0 unspecified atom stereocenters. The Bertz CT molecular complexity index is 1590. The van der Waals surface area contributed by atoms with Gasteiger partial charge in [-0.3, -0.25) is 0 Å². The zero-order valence-electron chi connectivity index (χ0n) is 21.5. The fraction of sp³-hybridized carbons (Fsp3) is 0.0270. The number of anilines is 3. The lowest BCUT2D eigenvalue weighted by Gasteiger charge is -2.50. The van der Waals surface area contributed by atoms with Crippen molar-refractivity contribution in [3.63, 3.8) is 0 Å². The fourth-order valence-electron chi connectivity index (χ4n) is 7.18. The molecule has 1 spiro atoms. The molecular formula is C37H26BN. The minimum absolute atomic E-state index is 0.177. The first-order valence-corrected chi connectivity index (χ1v) is 13.7. The number of hydrogen-bond donors (Lipinski definition) is 0. The number of hydrogen-bond acceptors (Lipinski definition) is 1. The van der Waals surface area contributed by atoms with Crippen LogP contribution in [-0.4, -0.2) is 6.71 Å². The van der Waals surface area contributed by atoms with Crippen LogP contribution in [0.15, 0.2) is 158 Å². The van der Waals surface area contributed by atoms with Crippen molar-refractivity contribution in [2.75, 3.05) is 4.90 Å². The van der Waals surface area contributed by atoms with Crippen LogP contribution in [0.5, 0.6) is 0 Å². The predicted molar refractivity (Wildman–Crippen MR) is 164 cm³/mol. The summed E-state index contributed by atoms with van der Waals surface area (Å²) >= 11 is 0. The first kappa shape index (κ1) is 22.2. The number of fused-ring (bicyclic) bond motifs is 8. The van der Waals surface area contributed by atoms with Gasteiger partial charge >= 0.3 is 0 Å². The van der Waals surface area contributed by atoms with Crippen molar-refractivity contribution >= 4 is 40.2 Å². The monoisotopic (exact) mass is 495 g/mol. The van der Waals surface area contributed by atoms with Gasteiger partial charge in [0.25, 0.3) is 0 Å². The van der Waals surface area contributed by atoms with E-state index in [0.29, 0.717) is 0 Å². The summed E-state index contributed by atoms with van der Waals surface area (Å²) < 4.78 is 0. The van der Waals surface area contributed by atoms with E-state index in [1.165, 1.54) is 55.7 Å². The topological polar surface area (TPSA) is 3.24 Å². The summed E-state index contributed by atoms with van der Waals surface area (Å²) in [6, 6.07) is 58.0. The van der Waals surface area contributed by atoms with E-state index in [4.69, 9.17) is 0 Å². The second-order valence-corrected chi connectivity index (χ2v) is 10.5. The Hall–Kier alpha value is -4.82. The van der Waals surface area contributed by atoms with Crippen molar-refractivity contribution < 1.29 is 0 Å². The van der Waals surface area contributed by atoms with Gasteiger partial charge in [0.1, 0.15) is 0 Å². The molecule has 6 aromatic rings. The van der Waals surface area contributed by atoms with Crippen molar-refractivity contribution in [2.24, 2.45) is 0 Å². The van der Waals surface area contributed by atoms with Gasteiger partial charge in [0.05, 0.1) is 16.8 Å². The number of para-hydroxylation sites is 3. The minimum Gasteiger partial charge on any atom is -0.310 e. The highest BCUT2D eigenvalue weighted by Gasteiger charge is 2.52. The molecule has 0 radical (unpaired) electrons. The summed E-state index contributed by atoms with van der Waals surface area (Å²) in [7, 11) is 0. The molecule has 0 saturated carbocycles. The number of benzene rings is 6. The van der Waals surface area contributed by atoms with Crippen LogP contribution in [-0.2, 0) is 5.41 Å². The van der Waals surface area contributed by atoms with Gasteiger partial charge in [-0.05, 0) is 46.5 Å². The van der Waals surface area contributed by atoms with Crippen molar-refractivity contribution in [1.29, 1.82) is 0 Å². The maximum absolute atomic E-state index is 2.43. The van der Waals surface area contributed by atoms with Gasteiger partial charge in [-0.1, -0.05) is 150 Å². The van der Waals surface area contributed by atoms with E-state index in [0.717, 1.165) is 0 Å². The standard InChI is InChI=1S/C37H26BN/c1-3-15-27(16-4-1)38-33-23-11-7-19-29(33)37(30-20-8-12-24-34(30)38)31-21-9-13-25-35(31)39(28-17-5-2-6-18-28)36-26-14-10-22-32(36)37/h1-26H. The second-order valence-electron chi connectivity index (χ2n) is 10.5. The average Bonchev–Trinajstić information content (AvgIpc) is 3.02. The van der Waals surface area contributed by atoms with Crippen LogP contribution >= 0.6 is 0 Å². The average molecular weight is 495 g/mol. The Morgan fingerprint density at radius 1 is 0.385 bits per heavy atom. The van der Waals surface area contributed by atoms with E-state index in [2.05, 4.69) is 163 Å². The summed E-state index contributed by atoms with van der Waals surface area (Å²) in [6.07, 6.45) is 0. The zero-order valence-corrected chi connectivity index (χ0v) is 21.5. The van der Waals surface area contributed by atoms with Crippen molar-refractivity contribution in [3.8, 4) is 0 Å². The van der Waals surface area contributed by atoms with Crippen LogP contribution in [0.3, 0.4) is 0 Å². The molecule has 182 valence electrons. The largest absolute Gasteiger partial charge is 0.310 e. The molecule has 2 aliphatic heterocycles. The van der Waals surface area contributed by atoms with Gasteiger partial charge in [0.15, 0.2) is 0 Å². The third-order valence-corrected chi connectivity index (χ3v) is 8.60. The zero-order chi connectivity index (χ0) is 25.8. The maximum atomic E-state index is 2.43. The minimum atomic E-state index is -0.434. The van der Waals surface area contributed by atoms with E-state index in [1.807, 2.05) is 0 Å². The molecule has 0 aliphatic carbocycles. The third kappa shape index (κ3) is 3.03. The normalized spacial score (nSPS) is 14.3. The lowest BCUT2D eigenvalue weighted by Crippen LogP contribution is -2.62. The fourth-order valence-corrected chi connectivity index (χ4v) is 7.18. The smallest absolute Gasteiger partial charge is 0.242 e. The lowest BCUT2D eigenvalue weighted by molar-refractivity contribution is 0.737. The SMILES string of the molecule is c1ccc(B2c3ccccc3C3(c4ccccc42)c2ccccc2N(c2ccccc2)c2ccccc23)cc1. The van der Waals surface area contributed by atoms with E-state index in [-0.39, 0.29) is 6.71 Å². The summed E-state index contributed by atoms with van der Waals surface area (Å²) in [5.41, 5.74) is 12.6. The van der Waals surface area contributed by atoms with Gasteiger partial charge < -0.3 is 4.90 Å². The Balaban J connectivity index is 1.53. The van der Waals surface area contributed by atoms with Gasteiger partial charge in [0.2, 0.25) is 6.71 Å². The van der Waals surface area contributed by atoms with E-state index in [9.17, 15) is 0 Å². The highest BCUT2D eigenvalue weighted by Crippen LogP contribution is 2.57. The summed E-state index contributed by atoms with van der Waals surface area (Å²) in [5, 5.41) is 0. The predicted octanol–water partition coefficient (Wildman–Crippen LogP) is 6.68. The van der Waals surface area contributed by atoms with Crippen LogP contribution < -0.4 is 21.3 Å². The van der Waals surface area contributed by atoms with Crippen molar-refractivity contribution in [1.82, 2.24) is 0 Å². The van der Waals surface area contributed by atoms with E-state index in [1.54, 1.807) is 0 Å². The molecule has 0 bridgehead atoms. The molecule has 1 nitrogen and oxygen atoms in total. The van der Waals surface area contributed by atoms with E-state index < -0.39 is 5.41 Å². The summed E-state index contributed by atoms with van der Waals surface area (Å²) in [5.74, 6) is 0. The van der Waals surface area contributed by atoms with E-state index >= 15 is 0 Å². The molecule has 0 atom stereocenters. The molecule has 2 heterocycles. The molecule has 39 heavy (non-hydrogen) atoms. The molecular weight excluding hydrogens is 469 g/mol. The van der Waals surface area contributed by atoms with Gasteiger partial charge in [0, 0.05) is 5.69 Å². The van der Waals surface area contributed by atoms with Crippen LogP contribution in [0.4, 0.5) is 17.1 Å². The Morgan fingerprint density at radius 3 is 1.33 bits per heavy atom. The first-order valence-electron chi connectivity index (χ1n) is 13.7. The van der Waals surface area contributed by atoms with Crippen LogP contribution in [0.25, 0.3) is 0 Å². The molecule has 0 fully saturated rings. The number of rotatable bonds is 2. The maximum Gasteiger partial charge on any atom is 0.242 e. The lowest BCUT2D eigenvalue weighted by atomic mass is 9.30. The van der Waals surface area contributed by atoms with Crippen LogP contribution in [0.2, 0.25) is 0 Å². The molecule has 8 rings (SSSR count).